The summed E-state index contributed by atoms with van der Waals surface area (Å²) >= 11 is 0. The third kappa shape index (κ3) is 9.67. The molecule has 0 aromatic rings. The summed E-state index contributed by atoms with van der Waals surface area (Å²) in [6, 6.07) is -1.10. The fourth-order valence-corrected chi connectivity index (χ4v) is 1.80. The number of nitrogens with one attached hydrogen (secondary N) is 1. The summed E-state index contributed by atoms with van der Waals surface area (Å²) in [6.45, 7) is 3.43. The smallest absolute Gasteiger partial charge is 0.405 e. The van der Waals surface area contributed by atoms with E-state index in [0.717, 1.165) is 6.54 Å². The highest BCUT2D eigenvalue weighted by molar-refractivity contribution is 5.79. The van der Waals surface area contributed by atoms with Gasteiger partial charge < -0.3 is 25.3 Å². The third-order valence-corrected chi connectivity index (χ3v) is 3.03. The topological polar surface area (TPSA) is 110 Å². The first-order chi connectivity index (χ1) is 9.73. The van der Waals surface area contributed by atoms with Gasteiger partial charge in [-0.05, 0) is 33.4 Å². The Bertz CT molecular complexity index is 360. The predicted molar refractivity (Wildman–Crippen MR) is 77.2 cm³/mol. The molecular formula is C13H25N3O5. The van der Waals surface area contributed by atoms with Crippen molar-refractivity contribution < 1.29 is 24.6 Å². The molecule has 0 heterocycles. The summed E-state index contributed by atoms with van der Waals surface area (Å²) in [5.41, 5.74) is 0. The van der Waals surface area contributed by atoms with Crippen LogP contribution in [0.15, 0.2) is 0 Å². The van der Waals surface area contributed by atoms with Crippen molar-refractivity contribution in [1.82, 2.24) is 15.1 Å². The Morgan fingerprint density at radius 2 is 1.67 bits per heavy atom. The quantitative estimate of drug-likeness (QED) is 0.500. The number of carboxylic acids is 1. The van der Waals surface area contributed by atoms with Crippen molar-refractivity contribution in [2.45, 2.75) is 32.2 Å². The molecule has 0 spiro atoms. The molecule has 21 heavy (non-hydrogen) atoms. The zero-order valence-corrected chi connectivity index (χ0v) is 12.8. The van der Waals surface area contributed by atoms with E-state index in [1.807, 2.05) is 24.3 Å². The molecule has 0 saturated carbocycles. The van der Waals surface area contributed by atoms with Crippen LogP contribution in [0.5, 0.6) is 0 Å². The molecule has 0 rings (SSSR count). The number of likely N-dealkylation sites (N-methyl/N-ethyl adjacent to an activating group) is 1. The summed E-state index contributed by atoms with van der Waals surface area (Å²) in [5, 5.41) is 19.4. The molecule has 122 valence electrons. The number of unbranched alkanes of at least 4 members (excludes halogenated alkanes) is 1. The van der Waals surface area contributed by atoms with Crippen LogP contribution in [0.25, 0.3) is 0 Å². The van der Waals surface area contributed by atoms with Gasteiger partial charge in [-0.15, -0.1) is 0 Å². The van der Waals surface area contributed by atoms with Crippen molar-refractivity contribution in [2.75, 3.05) is 33.7 Å². The number of amides is 2. The van der Waals surface area contributed by atoms with E-state index in [1.54, 1.807) is 4.90 Å². The summed E-state index contributed by atoms with van der Waals surface area (Å²) in [6.07, 6.45) is 0.0287. The molecule has 0 radical (unpaired) electrons. The number of rotatable bonds is 10. The van der Waals surface area contributed by atoms with Crippen molar-refractivity contribution in [1.29, 1.82) is 0 Å². The van der Waals surface area contributed by atoms with Crippen LogP contribution in [0.3, 0.4) is 0 Å². The number of hydrogen-bond donors (Lipinski definition) is 3. The number of carboxylic acid groups (broad SMARTS) is 2. The number of aliphatic carboxylic acids is 1. The summed E-state index contributed by atoms with van der Waals surface area (Å²) < 4.78 is 0. The molecule has 0 aliphatic rings. The van der Waals surface area contributed by atoms with E-state index in [2.05, 4.69) is 0 Å². The van der Waals surface area contributed by atoms with Gasteiger partial charge in [0.05, 0.1) is 0 Å². The Morgan fingerprint density at radius 3 is 2.10 bits per heavy atom. The van der Waals surface area contributed by atoms with E-state index in [-0.39, 0.29) is 12.3 Å². The van der Waals surface area contributed by atoms with Crippen LogP contribution in [-0.2, 0) is 9.59 Å². The van der Waals surface area contributed by atoms with Gasteiger partial charge in [0.25, 0.3) is 0 Å². The standard InChI is InChI=1S/C13H25N3O5/c1-10(17)16(9-8-15(2)3)7-5-4-6-11(12(18)19)14-13(20)21/h11,14H,4-9H2,1-3H3,(H,18,19)(H,20,21). The van der Waals surface area contributed by atoms with Crippen LogP contribution in [-0.4, -0.2) is 77.8 Å². The minimum Gasteiger partial charge on any atom is -0.480 e. The normalized spacial score (nSPS) is 12.0. The van der Waals surface area contributed by atoms with E-state index in [1.165, 1.54) is 6.92 Å². The predicted octanol–water partition coefficient (Wildman–Crippen LogP) is 0.288. The second-order valence-electron chi connectivity index (χ2n) is 5.15. The fourth-order valence-electron chi connectivity index (χ4n) is 1.80. The summed E-state index contributed by atoms with van der Waals surface area (Å²) in [7, 11) is 3.85. The maximum absolute atomic E-state index is 11.5. The van der Waals surface area contributed by atoms with E-state index in [4.69, 9.17) is 10.2 Å². The number of carbonyl (C=O) groups excluding carboxylic acids is 1. The zero-order valence-electron chi connectivity index (χ0n) is 12.8. The average Bonchev–Trinajstić information content (AvgIpc) is 2.34. The second-order valence-corrected chi connectivity index (χ2v) is 5.15. The van der Waals surface area contributed by atoms with Crippen LogP contribution in [0.2, 0.25) is 0 Å². The van der Waals surface area contributed by atoms with E-state index < -0.39 is 18.1 Å². The van der Waals surface area contributed by atoms with Crippen LogP contribution in [0.1, 0.15) is 26.2 Å². The van der Waals surface area contributed by atoms with Crippen LogP contribution >= 0.6 is 0 Å². The number of hydrogen-bond acceptors (Lipinski definition) is 4. The Balaban J connectivity index is 4.10. The van der Waals surface area contributed by atoms with Gasteiger partial charge in [0.15, 0.2) is 0 Å². The maximum atomic E-state index is 11.5. The second kappa shape index (κ2) is 9.98. The first-order valence-electron chi connectivity index (χ1n) is 6.86. The number of carbonyl (C=O) groups is 3. The number of nitrogens with zero attached hydrogens (tertiary/aromatic N) is 2. The van der Waals surface area contributed by atoms with Gasteiger partial charge in [0, 0.05) is 26.6 Å². The van der Waals surface area contributed by atoms with E-state index >= 15 is 0 Å². The highest BCUT2D eigenvalue weighted by atomic mass is 16.4. The first-order valence-corrected chi connectivity index (χ1v) is 6.86. The van der Waals surface area contributed by atoms with Gasteiger partial charge >= 0.3 is 12.1 Å². The Morgan fingerprint density at radius 1 is 1.05 bits per heavy atom. The lowest BCUT2D eigenvalue weighted by atomic mass is 10.1. The molecule has 1 unspecified atom stereocenters. The van der Waals surface area contributed by atoms with E-state index in [0.29, 0.717) is 25.9 Å². The molecule has 0 bridgehead atoms. The van der Waals surface area contributed by atoms with Gasteiger partial charge in [-0.2, -0.15) is 0 Å². The van der Waals surface area contributed by atoms with Gasteiger partial charge in [-0.25, -0.2) is 9.59 Å². The van der Waals surface area contributed by atoms with Gasteiger partial charge in [0.2, 0.25) is 5.91 Å². The molecule has 8 nitrogen and oxygen atoms in total. The molecule has 1 atom stereocenters. The van der Waals surface area contributed by atoms with Crippen LogP contribution in [0, 0.1) is 0 Å². The molecule has 0 aliphatic heterocycles. The van der Waals surface area contributed by atoms with Gasteiger partial charge in [-0.1, -0.05) is 0 Å². The maximum Gasteiger partial charge on any atom is 0.405 e. The Labute approximate surface area is 124 Å². The average molecular weight is 303 g/mol. The molecule has 0 aromatic heterocycles. The molecular weight excluding hydrogens is 278 g/mol. The zero-order chi connectivity index (χ0) is 16.4. The molecule has 8 heteroatoms. The molecule has 3 N–H and O–H groups in total. The van der Waals surface area contributed by atoms with Crippen LogP contribution < -0.4 is 5.32 Å². The van der Waals surface area contributed by atoms with Crippen molar-refractivity contribution >= 4 is 18.0 Å². The van der Waals surface area contributed by atoms with E-state index in [9.17, 15) is 14.4 Å². The minimum atomic E-state index is -1.35. The van der Waals surface area contributed by atoms with Crippen molar-refractivity contribution in [3.05, 3.63) is 0 Å². The van der Waals surface area contributed by atoms with Gasteiger partial charge in [0.1, 0.15) is 6.04 Å². The lowest BCUT2D eigenvalue weighted by Crippen LogP contribution is -2.40. The third-order valence-electron chi connectivity index (χ3n) is 3.03. The minimum absolute atomic E-state index is 0.0182. The fraction of sp³-hybridized carbons (Fsp3) is 0.769. The summed E-state index contributed by atoms with van der Waals surface area (Å²) in [4.78, 5) is 36.5. The SMILES string of the molecule is CC(=O)N(CCCCC(NC(=O)O)C(=O)O)CCN(C)C. The monoisotopic (exact) mass is 303 g/mol. The summed E-state index contributed by atoms with van der Waals surface area (Å²) in [5.74, 6) is -1.20. The Hall–Kier alpha value is -1.83. The molecule has 0 aromatic carbocycles. The largest absolute Gasteiger partial charge is 0.480 e. The highest BCUT2D eigenvalue weighted by Crippen LogP contribution is 2.04. The lowest BCUT2D eigenvalue weighted by Gasteiger charge is -2.23. The van der Waals surface area contributed by atoms with Crippen molar-refractivity contribution in [2.24, 2.45) is 0 Å². The molecule has 0 fully saturated rings. The van der Waals surface area contributed by atoms with Crippen molar-refractivity contribution in [3.8, 4) is 0 Å². The van der Waals surface area contributed by atoms with Crippen molar-refractivity contribution in [3.63, 3.8) is 0 Å². The lowest BCUT2D eigenvalue weighted by molar-refractivity contribution is -0.139. The molecule has 2 amide bonds. The molecule has 0 aliphatic carbocycles. The van der Waals surface area contributed by atoms with Gasteiger partial charge in [-0.3, -0.25) is 4.79 Å². The first kappa shape index (κ1) is 19.2. The molecule has 0 saturated heterocycles. The Kier molecular flexibility index (Phi) is 9.11. The highest BCUT2D eigenvalue weighted by Gasteiger charge is 2.19. The van der Waals surface area contributed by atoms with Crippen LogP contribution in [0.4, 0.5) is 4.79 Å².